The number of rotatable bonds is 3. The molecule has 0 saturated heterocycles. The molecule has 0 spiro atoms. The quantitative estimate of drug-likeness (QED) is 0.753. The molecule has 1 aliphatic rings. The molecule has 0 heterocycles. The molecule has 0 N–H and O–H groups in total. The van der Waals surface area contributed by atoms with Crippen LogP contribution in [0.3, 0.4) is 0 Å². The largest absolute Gasteiger partial charge is 0.313 e. The minimum atomic E-state index is -2.68. The van der Waals surface area contributed by atoms with Crippen LogP contribution in [0, 0.1) is 0 Å². The summed E-state index contributed by atoms with van der Waals surface area (Å²) in [4.78, 5) is 0. The molecule has 0 saturated carbocycles. The van der Waals surface area contributed by atoms with Crippen molar-refractivity contribution in [2.45, 2.75) is 25.9 Å². The van der Waals surface area contributed by atoms with E-state index in [-0.39, 0.29) is 5.66 Å². The molecule has 0 aromatic heterocycles. The Morgan fingerprint density at radius 3 is 1.77 bits per heavy atom. The van der Waals surface area contributed by atoms with Gasteiger partial charge in [-0.2, -0.15) is 0 Å². The normalized spacial score (nSPS) is 18.5. The molecule has 2 aromatic rings. The number of hydrogen-bond donors (Lipinski definition) is 0. The van der Waals surface area contributed by atoms with Crippen LogP contribution in [-0.4, -0.2) is 5.66 Å². The van der Waals surface area contributed by atoms with E-state index < -0.39 is 7.14 Å². The summed E-state index contributed by atoms with van der Waals surface area (Å²) in [6, 6.07) is 19.9. The molecule has 1 nitrogen and oxygen atoms in total. The Kier molecular flexibility index (Phi) is 4.18. The van der Waals surface area contributed by atoms with Crippen LogP contribution >= 0.6 is 7.14 Å². The molecule has 0 amide bonds. The lowest BCUT2D eigenvalue weighted by atomic mass is 10.0. The maximum absolute atomic E-state index is 14.1. The van der Waals surface area contributed by atoms with Gasteiger partial charge < -0.3 is 4.57 Å². The first kappa shape index (κ1) is 15.1. The maximum atomic E-state index is 14.1. The molecule has 0 bridgehead atoms. The van der Waals surface area contributed by atoms with Crippen LogP contribution in [0.4, 0.5) is 0 Å². The molecule has 0 radical (unpaired) electrons. The molecule has 0 unspecified atom stereocenters. The fourth-order valence-corrected chi connectivity index (χ4v) is 6.16. The average molecular weight is 308 g/mol. The molecule has 1 atom stereocenters. The molecule has 2 aromatic carbocycles. The lowest BCUT2D eigenvalue weighted by molar-refractivity contribution is 0.582. The summed E-state index contributed by atoms with van der Waals surface area (Å²) in [5.74, 6) is 0. The molecule has 1 aliphatic carbocycles. The Balaban J connectivity index is 2.16. The van der Waals surface area contributed by atoms with E-state index in [1.807, 2.05) is 60.7 Å². The molecule has 0 aliphatic heterocycles. The summed E-state index contributed by atoms with van der Waals surface area (Å²) < 4.78 is 14.1. The highest BCUT2D eigenvalue weighted by Crippen LogP contribution is 2.52. The van der Waals surface area contributed by atoms with E-state index in [0.29, 0.717) is 0 Å². The smallest absolute Gasteiger partial charge is 0.150 e. The predicted molar refractivity (Wildman–Crippen MR) is 95.7 cm³/mol. The van der Waals surface area contributed by atoms with Crippen LogP contribution in [0.5, 0.6) is 0 Å². The van der Waals surface area contributed by atoms with Crippen molar-refractivity contribution in [3.05, 3.63) is 84.0 Å². The Hall–Kier alpha value is -1.85. The van der Waals surface area contributed by atoms with Gasteiger partial charge in [0.15, 0.2) is 0 Å². The maximum Gasteiger partial charge on any atom is 0.150 e. The van der Waals surface area contributed by atoms with Crippen molar-refractivity contribution >= 4 is 17.8 Å². The van der Waals surface area contributed by atoms with Gasteiger partial charge in [0.2, 0.25) is 0 Å². The monoisotopic (exact) mass is 308 g/mol. The highest BCUT2D eigenvalue weighted by Gasteiger charge is 2.35. The summed E-state index contributed by atoms with van der Waals surface area (Å²) >= 11 is 0. The van der Waals surface area contributed by atoms with Gasteiger partial charge in [-0.3, -0.25) is 0 Å². The van der Waals surface area contributed by atoms with E-state index >= 15 is 0 Å². The van der Waals surface area contributed by atoms with Crippen molar-refractivity contribution in [3.8, 4) is 0 Å². The fourth-order valence-electron chi connectivity index (χ4n) is 3.03. The lowest BCUT2D eigenvalue weighted by Crippen LogP contribution is -2.25. The van der Waals surface area contributed by atoms with Gasteiger partial charge in [-0.15, -0.1) is 0 Å². The molecular formula is C20H21OP. The highest BCUT2D eigenvalue weighted by atomic mass is 31.2. The number of allylic oxidation sites excluding steroid dienone is 4. The van der Waals surface area contributed by atoms with Gasteiger partial charge in [0.05, 0.1) is 0 Å². The van der Waals surface area contributed by atoms with E-state index in [0.717, 1.165) is 17.0 Å². The third-order valence-corrected chi connectivity index (χ3v) is 7.90. The topological polar surface area (TPSA) is 17.1 Å². The lowest BCUT2D eigenvalue weighted by Gasteiger charge is -2.29. The van der Waals surface area contributed by atoms with Crippen molar-refractivity contribution in [2.24, 2.45) is 0 Å². The summed E-state index contributed by atoms with van der Waals surface area (Å²) in [5, 5.41) is 1.89. The standard InChI is InChI=1S/C20H21OP/c1-16-13-14-20(15-17(16)2)22(21,18-9-5-3-6-10-18)19-11-7-4-8-12-19/h3-13,15,20H,14H2,1-2H3/t20-/m1/s1. The van der Waals surface area contributed by atoms with E-state index in [2.05, 4.69) is 26.0 Å². The Labute approximate surface area is 132 Å². The van der Waals surface area contributed by atoms with Gasteiger partial charge in [-0.05, 0) is 20.3 Å². The molecule has 3 rings (SSSR count). The zero-order chi connectivity index (χ0) is 15.6. The zero-order valence-electron chi connectivity index (χ0n) is 13.1. The minimum Gasteiger partial charge on any atom is -0.313 e. The minimum absolute atomic E-state index is 0.0426. The zero-order valence-corrected chi connectivity index (χ0v) is 14.0. The van der Waals surface area contributed by atoms with Gasteiger partial charge >= 0.3 is 0 Å². The molecular weight excluding hydrogens is 287 g/mol. The Morgan fingerprint density at radius 1 is 0.818 bits per heavy atom. The molecule has 0 fully saturated rings. The second-order valence-corrected chi connectivity index (χ2v) is 8.88. The van der Waals surface area contributed by atoms with Crippen LogP contribution in [0.2, 0.25) is 0 Å². The molecule has 2 heteroatoms. The first-order valence-electron chi connectivity index (χ1n) is 7.69. The molecule has 22 heavy (non-hydrogen) atoms. The van der Waals surface area contributed by atoms with Gasteiger partial charge in [-0.25, -0.2) is 0 Å². The molecule has 112 valence electrons. The third kappa shape index (κ3) is 2.62. The van der Waals surface area contributed by atoms with E-state index in [1.165, 1.54) is 11.1 Å². The van der Waals surface area contributed by atoms with Gasteiger partial charge in [0, 0.05) is 16.3 Å². The van der Waals surface area contributed by atoms with E-state index in [4.69, 9.17) is 0 Å². The Bertz CT molecular complexity index is 713. The second-order valence-electron chi connectivity index (χ2n) is 5.87. The number of hydrogen-bond acceptors (Lipinski definition) is 1. The van der Waals surface area contributed by atoms with Crippen molar-refractivity contribution < 1.29 is 4.57 Å². The summed E-state index contributed by atoms with van der Waals surface area (Å²) in [7, 11) is -2.68. The van der Waals surface area contributed by atoms with Gasteiger partial charge in [0.25, 0.3) is 0 Å². The third-order valence-electron chi connectivity index (χ3n) is 4.48. The summed E-state index contributed by atoms with van der Waals surface area (Å²) in [6.45, 7) is 4.23. The van der Waals surface area contributed by atoms with E-state index in [1.54, 1.807) is 0 Å². The van der Waals surface area contributed by atoms with Crippen LogP contribution in [0.15, 0.2) is 84.0 Å². The Morgan fingerprint density at radius 2 is 1.32 bits per heavy atom. The van der Waals surface area contributed by atoms with Crippen LogP contribution in [0.25, 0.3) is 0 Å². The van der Waals surface area contributed by atoms with Crippen LogP contribution < -0.4 is 10.6 Å². The average Bonchev–Trinajstić information content (AvgIpc) is 2.58. The van der Waals surface area contributed by atoms with Gasteiger partial charge in [-0.1, -0.05) is 84.0 Å². The summed E-state index contributed by atoms with van der Waals surface area (Å²) in [5.41, 5.74) is 2.58. The van der Waals surface area contributed by atoms with E-state index in [9.17, 15) is 4.57 Å². The van der Waals surface area contributed by atoms with Crippen molar-refractivity contribution in [1.82, 2.24) is 0 Å². The fraction of sp³-hybridized carbons (Fsp3) is 0.200. The van der Waals surface area contributed by atoms with Crippen LogP contribution in [0.1, 0.15) is 20.3 Å². The van der Waals surface area contributed by atoms with Crippen molar-refractivity contribution in [1.29, 1.82) is 0 Å². The predicted octanol–water partition coefficient (Wildman–Crippen LogP) is 4.67. The number of benzene rings is 2. The first-order chi connectivity index (χ1) is 10.6. The first-order valence-corrected chi connectivity index (χ1v) is 9.46. The van der Waals surface area contributed by atoms with Crippen LogP contribution in [-0.2, 0) is 4.57 Å². The van der Waals surface area contributed by atoms with Crippen molar-refractivity contribution in [3.63, 3.8) is 0 Å². The highest BCUT2D eigenvalue weighted by molar-refractivity contribution is 7.79. The summed E-state index contributed by atoms with van der Waals surface area (Å²) in [6.07, 6.45) is 5.26. The second kappa shape index (κ2) is 6.10. The van der Waals surface area contributed by atoms with Gasteiger partial charge in [0.1, 0.15) is 7.14 Å². The van der Waals surface area contributed by atoms with Crippen molar-refractivity contribution in [2.75, 3.05) is 0 Å². The SMILES string of the molecule is CC1=CC[C@@H](P(=O)(c2ccccc2)c2ccccc2)C=C1C.